The topological polar surface area (TPSA) is 62.3 Å². The summed E-state index contributed by atoms with van der Waals surface area (Å²) in [6, 6.07) is 10.8. The average molecular weight is 309 g/mol. The summed E-state index contributed by atoms with van der Waals surface area (Å²) >= 11 is 0. The summed E-state index contributed by atoms with van der Waals surface area (Å²) in [5, 5.41) is 2.84. The molecule has 0 atom stereocenters. The minimum absolute atomic E-state index is 0.0863. The molecule has 0 bridgehead atoms. The van der Waals surface area contributed by atoms with E-state index in [-0.39, 0.29) is 11.8 Å². The molecule has 23 heavy (non-hydrogen) atoms. The van der Waals surface area contributed by atoms with Crippen LogP contribution >= 0.6 is 0 Å². The van der Waals surface area contributed by atoms with Gasteiger partial charge in [0.05, 0.1) is 5.41 Å². The van der Waals surface area contributed by atoms with E-state index in [4.69, 9.17) is 0 Å². The summed E-state index contributed by atoms with van der Waals surface area (Å²) in [4.78, 5) is 30.5. The van der Waals surface area contributed by atoms with Crippen LogP contribution < -0.4 is 10.2 Å². The number of anilines is 2. The first-order valence-corrected chi connectivity index (χ1v) is 7.64. The number of rotatable bonds is 3. The van der Waals surface area contributed by atoms with Crippen molar-refractivity contribution in [2.24, 2.45) is 0 Å². The first-order valence-electron chi connectivity index (χ1n) is 7.64. The molecular weight excluding hydrogens is 290 g/mol. The van der Waals surface area contributed by atoms with Crippen molar-refractivity contribution in [3.8, 4) is 0 Å². The molecule has 0 saturated heterocycles. The molecule has 0 unspecified atom stereocenters. The van der Waals surface area contributed by atoms with Gasteiger partial charge in [-0.3, -0.25) is 14.6 Å². The molecule has 1 aliphatic rings. The van der Waals surface area contributed by atoms with Crippen LogP contribution in [0.5, 0.6) is 0 Å². The number of amides is 2. The van der Waals surface area contributed by atoms with Crippen LogP contribution in [0.25, 0.3) is 0 Å². The number of aromatic nitrogens is 1. The molecule has 2 aromatic rings. The normalized spacial score (nSPS) is 15.4. The number of carbonyl (C=O) groups excluding carboxylic acids is 2. The first-order chi connectivity index (χ1) is 10.9. The molecule has 2 heterocycles. The van der Waals surface area contributed by atoms with Crippen molar-refractivity contribution in [2.45, 2.75) is 26.2 Å². The van der Waals surface area contributed by atoms with Crippen LogP contribution in [0.1, 0.15) is 36.8 Å². The standard InChI is InChI=1S/C18H19N3O2/c1-4-21-15-9-8-12(11-13(15)18(2,3)17(21)23)20-16(22)14-7-5-6-10-19-14/h5-11H,4H2,1-3H3,(H,20,22). The number of pyridine rings is 1. The monoisotopic (exact) mass is 309 g/mol. The van der Waals surface area contributed by atoms with Gasteiger partial charge in [-0.05, 0) is 56.7 Å². The zero-order valence-electron chi connectivity index (χ0n) is 13.5. The maximum absolute atomic E-state index is 12.5. The van der Waals surface area contributed by atoms with E-state index in [0.717, 1.165) is 11.3 Å². The van der Waals surface area contributed by atoms with Crippen LogP contribution in [-0.4, -0.2) is 23.3 Å². The number of fused-ring (bicyclic) bond motifs is 1. The van der Waals surface area contributed by atoms with Gasteiger partial charge in [-0.2, -0.15) is 0 Å². The molecule has 0 saturated carbocycles. The largest absolute Gasteiger partial charge is 0.321 e. The minimum atomic E-state index is -0.586. The smallest absolute Gasteiger partial charge is 0.274 e. The third kappa shape index (κ3) is 2.48. The second-order valence-electron chi connectivity index (χ2n) is 6.08. The van der Waals surface area contributed by atoms with Crippen LogP contribution in [0.2, 0.25) is 0 Å². The number of carbonyl (C=O) groups is 2. The van der Waals surface area contributed by atoms with E-state index in [9.17, 15) is 9.59 Å². The second-order valence-corrected chi connectivity index (χ2v) is 6.08. The third-order valence-corrected chi connectivity index (χ3v) is 4.21. The predicted octanol–water partition coefficient (Wildman–Crippen LogP) is 2.98. The van der Waals surface area contributed by atoms with Crippen LogP contribution in [0.15, 0.2) is 42.6 Å². The number of likely N-dealkylation sites (N-methyl/N-ethyl adjacent to an activating group) is 1. The van der Waals surface area contributed by atoms with Gasteiger partial charge >= 0.3 is 0 Å². The van der Waals surface area contributed by atoms with E-state index >= 15 is 0 Å². The van der Waals surface area contributed by atoms with E-state index in [1.807, 2.05) is 39.0 Å². The molecule has 0 fully saturated rings. The number of nitrogens with zero attached hydrogens (tertiary/aromatic N) is 2. The molecule has 0 aliphatic carbocycles. The molecule has 2 amide bonds. The molecule has 5 nitrogen and oxygen atoms in total. The van der Waals surface area contributed by atoms with Gasteiger partial charge in [-0.25, -0.2) is 0 Å². The van der Waals surface area contributed by atoms with Gasteiger partial charge in [0.2, 0.25) is 5.91 Å². The second kappa shape index (κ2) is 5.50. The molecule has 0 spiro atoms. The van der Waals surface area contributed by atoms with Crippen molar-refractivity contribution < 1.29 is 9.59 Å². The maximum Gasteiger partial charge on any atom is 0.274 e. The van der Waals surface area contributed by atoms with Crippen LogP contribution in [0.4, 0.5) is 11.4 Å². The molecule has 5 heteroatoms. The molecular formula is C18H19N3O2. The molecule has 1 aromatic heterocycles. The Kier molecular flexibility index (Phi) is 3.64. The average Bonchev–Trinajstić information content (AvgIpc) is 2.75. The Labute approximate surface area is 135 Å². The van der Waals surface area contributed by atoms with Crippen LogP contribution in [0.3, 0.4) is 0 Å². The van der Waals surface area contributed by atoms with E-state index in [1.54, 1.807) is 29.3 Å². The van der Waals surface area contributed by atoms with Crippen molar-refractivity contribution >= 4 is 23.2 Å². The lowest BCUT2D eigenvalue weighted by atomic mass is 9.86. The SMILES string of the molecule is CCN1C(=O)C(C)(C)c2cc(NC(=O)c3ccccn3)ccc21. The number of benzene rings is 1. The predicted molar refractivity (Wildman–Crippen MR) is 89.7 cm³/mol. The zero-order chi connectivity index (χ0) is 16.6. The Bertz CT molecular complexity index is 769. The van der Waals surface area contributed by atoms with Gasteiger partial charge in [0.25, 0.3) is 5.91 Å². The zero-order valence-corrected chi connectivity index (χ0v) is 13.5. The lowest BCUT2D eigenvalue weighted by molar-refractivity contribution is -0.122. The highest BCUT2D eigenvalue weighted by Gasteiger charge is 2.43. The van der Waals surface area contributed by atoms with Gasteiger partial charge in [-0.15, -0.1) is 0 Å². The van der Waals surface area contributed by atoms with Crippen molar-refractivity contribution in [3.63, 3.8) is 0 Å². The Morgan fingerprint density at radius 2 is 2.04 bits per heavy atom. The van der Waals surface area contributed by atoms with Gasteiger partial charge in [0.1, 0.15) is 5.69 Å². The lowest BCUT2D eigenvalue weighted by Gasteiger charge is -2.18. The Balaban J connectivity index is 1.92. The van der Waals surface area contributed by atoms with Crippen molar-refractivity contribution in [1.82, 2.24) is 4.98 Å². The fraction of sp³-hybridized carbons (Fsp3) is 0.278. The minimum Gasteiger partial charge on any atom is -0.321 e. The highest BCUT2D eigenvalue weighted by Crippen LogP contribution is 2.42. The Morgan fingerprint density at radius 1 is 1.26 bits per heavy atom. The fourth-order valence-electron chi connectivity index (χ4n) is 2.92. The fourth-order valence-corrected chi connectivity index (χ4v) is 2.92. The van der Waals surface area contributed by atoms with Crippen molar-refractivity contribution in [1.29, 1.82) is 0 Å². The van der Waals surface area contributed by atoms with Gasteiger partial charge in [0, 0.05) is 24.1 Å². The van der Waals surface area contributed by atoms with Crippen molar-refractivity contribution in [3.05, 3.63) is 53.9 Å². The molecule has 3 rings (SSSR count). The summed E-state index contributed by atoms with van der Waals surface area (Å²) in [5.74, 6) is -0.178. The summed E-state index contributed by atoms with van der Waals surface area (Å²) < 4.78 is 0. The maximum atomic E-state index is 12.5. The van der Waals surface area contributed by atoms with Gasteiger partial charge in [-0.1, -0.05) is 6.07 Å². The van der Waals surface area contributed by atoms with E-state index in [0.29, 0.717) is 17.9 Å². The highest BCUT2D eigenvalue weighted by molar-refractivity contribution is 6.08. The number of hydrogen-bond donors (Lipinski definition) is 1. The van der Waals surface area contributed by atoms with E-state index in [2.05, 4.69) is 10.3 Å². The van der Waals surface area contributed by atoms with E-state index < -0.39 is 5.41 Å². The molecule has 1 N–H and O–H groups in total. The Hall–Kier alpha value is -2.69. The number of nitrogens with one attached hydrogen (secondary N) is 1. The Morgan fingerprint density at radius 3 is 2.70 bits per heavy atom. The molecule has 1 aliphatic heterocycles. The van der Waals surface area contributed by atoms with Crippen LogP contribution in [0, 0.1) is 0 Å². The molecule has 0 radical (unpaired) electrons. The molecule has 118 valence electrons. The van der Waals surface area contributed by atoms with Crippen molar-refractivity contribution in [2.75, 3.05) is 16.8 Å². The summed E-state index contributed by atoms with van der Waals surface area (Å²) in [5.41, 5.74) is 2.29. The third-order valence-electron chi connectivity index (χ3n) is 4.21. The van der Waals surface area contributed by atoms with Crippen LogP contribution in [-0.2, 0) is 10.2 Å². The molecule has 1 aromatic carbocycles. The lowest BCUT2D eigenvalue weighted by Crippen LogP contribution is -2.35. The first kappa shape index (κ1) is 15.2. The van der Waals surface area contributed by atoms with Gasteiger partial charge < -0.3 is 10.2 Å². The summed E-state index contributed by atoms with van der Waals surface area (Å²) in [6.07, 6.45) is 1.58. The van der Waals surface area contributed by atoms with Gasteiger partial charge in [0.15, 0.2) is 0 Å². The summed E-state index contributed by atoms with van der Waals surface area (Å²) in [6.45, 7) is 6.41. The number of hydrogen-bond acceptors (Lipinski definition) is 3. The summed E-state index contributed by atoms with van der Waals surface area (Å²) in [7, 11) is 0. The highest BCUT2D eigenvalue weighted by atomic mass is 16.2. The van der Waals surface area contributed by atoms with E-state index in [1.165, 1.54) is 0 Å². The quantitative estimate of drug-likeness (QED) is 0.948.